The van der Waals surface area contributed by atoms with E-state index in [9.17, 15) is 5.11 Å². The summed E-state index contributed by atoms with van der Waals surface area (Å²) in [7, 11) is 1.54. The normalized spacial score (nSPS) is 12.2. The van der Waals surface area contributed by atoms with Crippen LogP contribution < -0.4 is 4.74 Å². The van der Waals surface area contributed by atoms with E-state index in [-0.39, 0.29) is 0 Å². The molecule has 0 radical (unpaired) electrons. The highest BCUT2D eigenvalue weighted by atomic mass is 79.9. The lowest BCUT2D eigenvalue weighted by molar-refractivity contribution is 0.177. The standard InChI is InChI=1S/C13H12BrClN2O2/c1-19-12-6-8(16-7-17-12)5-11(18)9-3-2-4-10(14)13(9)15/h2-4,6-7,11,18H,5H2,1H3. The van der Waals surface area contributed by atoms with Gasteiger partial charge in [0.05, 0.1) is 23.9 Å². The number of nitrogens with zero attached hydrogens (tertiary/aromatic N) is 2. The van der Waals surface area contributed by atoms with Crippen LogP contribution in [0.25, 0.3) is 0 Å². The van der Waals surface area contributed by atoms with Crippen LogP contribution in [0.4, 0.5) is 0 Å². The largest absolute Gasteiger partial charge is 0.481 e. The third-order valence-electron chi connectivity index (χ3n) is 2.65. The van der Waals surface area contributed by atoms with Crippen molar-refractivity contribution in [1.29, 1.82) is 0 Å². The van der Waals surface area contributed by atoms with Crippen LogP contribution in [0.5, 0.6) is 5.88 Å². The van der Waals surface area contributed by atoms with E-state index in [1.807, 2.05) is 12.1 Å². The van der Waals surface area contributed by atoms with Crippen molar-refractivity contribution >= 4 is 27.5 Å². The van der Waals surface area contributed by atoms with Crippen LogP contribution in [0.15, 0.2) is 35.1 Å². The molecule has 2 rings (SSSR count). The lowest BCUT2D eigenvalue weighted by atomic mass is 10.0. The summed E-state index contributed by atoms with van der Waals surface area (Å²) in [4.78, 5) is 8.02. The highest BCUT2D eigenvalue weighted by molar-refractivity contribution is 9.10. The Labute approximate surface area is 124 Å². The zero-order valence-corrected chi connectivity index (χ0v) is 12.5. The molecular weight excluding hydrogens is 332 g/mol. The van der Waals surface area contributed by atoms with E-state index in [1.165, 1.54) is 13.4 Å². The second-order valence-electron chi connectivity index (χ2n) is 3.91. The number of halogens is 2. The Morgan fingerprint density at radius 2 is 2.21 bits per heavy atom. The molecule has 2 aromatic rings. The number of rotatable bonds is 4. The first-order valence-electron chi connectivity index (χ1n) is 5.58. The maximum Gasteiger partial charge on any atom is 0.216 e. The van der Waals surface area contributed by atoms with E-state index < -0.39 is 6.10 Å². The first kappa shape index (κ1) is 14.2. The van der Waals surface area contributed by atoms with Crippen molar-refractivity contribution in [1.82, 2.24) is 9.97 Å². The van der Waals surface area contributed by atoms with Crippen molar-refractivity contribution in [2.45, 2.75) is 12.5 Å². The van der Waals surface area contributed by atoms with Gasteiger partial charge in [-0.15, -0.1) is 0 Å². The SMILES string of the molecule is COc1cc(CC(O)c2cccc(Br)c2Cl)ncn1. The maximum absolute atomic E-state index is 10.2. The second-order valence-corrected chi connectivity index (χ2v) is 5.15. The summed E-state index contributed by atoms with van der Waals surface area (Å²) < 4.78 is 5.77. The molecule has 6 heteroatoms. The summed E-state index contributed by atoms with van der Waals surface area (Å²) >= 11 is 9.48. The molecule has 100 valence electrons. The van der Waals surface area contributed by atoms with Crippen molar-refractivity contribution in [2.75, 3.05) is 7.11 Å². The molecule has 1 aromatic carbocycles. The van der Waals surface area contributed by atoms with Crippen LogP contribution in [0.1, 0.15) is 17.4 Å². The van der Waals surface area contributed by atoms with Crippen LogP contribution in [0.2, 0.25) is 5.02 Å². The third kappa shape index (κ3) is 3.43. The zero-order valence-electron chi connectivity index (χ0n) is 10.2. The summed E-state index contributed by atoms with van der Waals surface area (Å²) in [6.45, 7) is 0. The third-order valence-corrected chi connectivity index (χ3v) is 3.96. The van der Waals surface area contributed by atoms with Gasteiger partial charge in [0.1, 0.15) is 6.33 Å². The van der Waals surface area contributed by atoms with Crippen molar-refractivity contribution in [3.63, 3.8) is 0 Å². The zero-order chi connectivity index (χ0) is 13.8. The van der Waals surface area contributed by atoms with Gasteiger partial charge >= 0.3 is 0 Å². The van der Waals surface area contributed by atoms with Gasteiger partial charge in [0.2, 0.25) is 5.88 Å². The Bertz CT molecular complexity index is 580. The number of hydrogen-bond donors (Lipinski definition) is 1. The van der Waals surface area contributed by atoms with Gasteiger partial charge in [-0.2, -0.15) is 0 Å². The molecule has 1 atom stereocenters. The van der Waals surface area contributed by atoms with E-state index in [0.29, 0.717) is 28.6 Å². The Hall–Kier alpha value is -1.17. The van der Waals surface area contributed by atoms with Gasteiger partial charge in [0.25, 0.3) is 0 Å². The van der Waals surface area contributed by atoms with E-state index in [0.717, 1.165) is 4.47 Å². The molecule has 0 saturated carbocycles. The highest BCUT2D eigenvalue weighted by Crippen LogP contribution is 2.31. The number of aliphatic hydroxyl groups excluding tert-OH is 1. The highest BCUT2D eigenvalue weighted by Gasteiger charge is 2.15. The van der Waals surface area contributed by atoms with Gasteiger partial charge in [-0.05, 0) is 22.0 Å². The van der Waals surface area contributed by atoms with E-state index >= 15 is 0 Å². The molecular formula is C13H12BrClN2O2. The molecule has 1 heterocycles. The first-order chi connectivity index (χ1) is 9.11. The molecule has 0 bridgehead atoms. The van der Waals surface area contributed by atoms with Crippen molar-refractivity contribution in [3.05, 3.63) is 51.3 Å². The first-order valence-corrected chi connectivity index (χ1v) is 6.75. The van der Waals surface area contributed by atoms with Gasteiger partial charge in [0.15, 0.2) is 0 Å². The van der Waals surface area contributed by atoms with Crippen LogP contribution in [0, 0.1) is 0 Å². The maximum atomic E-state index is 10.2. The number of aliphatic hydroxyl groups is 1. The van der Waals surface area contributed by atoms with Crippen LogP contribution in [-0.2, 0) is 6.42 Å². The minimum atomic E-state index is -0.732. The molecule has 0 spiro atoms. The second kappa shape index (κ2) is 6.32. The average Bonchev–Trinajstić information content (AvgIpc) is 2.42. The molecule has 0 aliphatic carbocycles. The molecule has 1 aromatic heterocycles. The molecule has 0 aliphatic rings. The van der Waals surface area contributed by atoms with E-state index in [1.54, 1.807) is 12.1 Å². The lowest BCUT2D eigenvalue weighted by Gasteiger charge is -2.13. The monoisotopic (exact) mass is 342 g/mol. The number of benzene rings is 1. The van der Waals surface area contributed by atoms with Crippen LogP contribution in [-0.4, -0.2) is 22.2 Å². The summed E-state index contributed by atoms with van der Waals surface area (Å²) in [6, 6.07) is 7.13. The number of aromatic nitrogens is 2. The minimum Gasteiger partial charge on any atom is -0.481 e. The molecule has 1 N–H and O–H groups in total. The average molecular weight is 344 g/mol. The predicted molar refractivity (Wildman–Crippen MR) is 76.4 cm³/mol. The van der Waals surface area contributed by atoms with Gasteiger partial charge in [-0.3, -0.25) is 0 Å². The number of ether oxygens (including phenoxy) is 1. The van der Waals surface area contributed by atoms with E-state index in [4.69, 9.17) is 16.3 Å². The van der Waals surface area contributed by atoms with Crippen molar-refractivity contribution < 1.29 is 9.84 Å². The number of methoxy groups -OCH3 is 1. The topological polar surface area (TPSA) is 55.2 Å². The summed E-state index contributed by atoms with van der Waals surface area (Å²) in [5, 5.41) is 10.7. The van der Waals surface area contributed by atoms with Gasteiger partial charge in [0, 0.05) is 22.5 Å². The Kier molecular flexibility index (Phi) is 4.74. The van der Waals surface area contributed by atoms with E-state index in [2.05, 4.69) is 25.9 Å². The Morgan fingerprint density at radius 3 is 2.95 bits per heavy atom. The fraction of sp³-hybridized carbons (Fsp3) is 0.231. The lowest BCUT2D eigenvalue weighted by Crippen LogP contribution is -2.05. The van der Waals surface area contributed by atoms with Gasteiger partial charge in [-0.1, -0.05) is 23.7 Å². The Balaban J connectivity index is 2.20. The van der Waals surface area contributed by atoms with Crippen molar-refractivity contribution in [2.24, 2.45) is 0 Å². The van der Waals surface area contributed by atoms with Gasteiger partial charge in [-0.25, -0.2) is 9.97 Å². The molecule has 4 nitrogen and oxygen atoms in total. The van der Waals surface area contributed by atoms with Crippen LogP contribution in [0.3, 0.4) is 0 Å². The summed E-state index contributed by atoms with van der Waals surface area (Å²) in [6.07, 6.45) is 1.02. The quantitative estimate of drug-likeness (QED) is 0.926. The van der Waals surface area contributed by atoms with Crippen LogP contribution >= 0.6 is 27.5 Å². The van der Waals surface area contributed by atoms with Crippen molar-refractivity contribution in [3.8, 4) is 5.88 Å². The fourth-order valence-corrected chi connectivity index (χ4v) is 2.32. The number of hydrogen-bond acceptors (Lipinski definition) is 4. The molecule has 0 aliphatic heterocycles. The minimum absolute atomic E-state index is 0.342. The molecule has 0 fully saturated rings. The summed E-state index contributed by atoms with van der Waals surface area (Å²) in [5.74, 6) is 0.470. The summed E-state index contributed by atoms with van der Waals surface area (Å²) in [5.41, 5.74) is 1.35. The molecule has 0 saturated heterocycles. The molecule has 1 unspecified atom stereocenters. The molecule has 19 heavy (non-hydrogen) atoms. The fourth-order valence-electron chi connectivity index (χ4n) is 1.69. The predicted octanol–water partition coefficient (Wildman–Crippen LogP) is 3.18. The van der Waals surface area contributed by atoms with Gasteiger partial charge < -0.3 is 9.84 Å². The Morgan fingerprint density at radius 1 is 1.42 bits per heavy atom. The smallest absolute Gasteiger partial charge is 0.216 e. The molecule has 0 amide bonds.